The van der Waals surface area contributed by atoms with Crippen molar-refractivity contribution in [2.24, 2.45) is 11.8 Å². The third kappa shape index (κ3) is 3.18. The third-order valence-corrected chi connectivity index (χ3v) is 7.06. The zero-order chi connectivity index (χ0) is 16.7. The van der Waals surface area contributed by atoms with Gasteiger partial charge in [-0.25, -0.2) is 8.42 Å². The number of amides is 1. The SMILES string of the molecule is O=C(NC[C@@H]1CCS(=O)(=O)C1)[C@H]1C[C@@H]1c1ccc2ccccc2c1. The average molecular weight is 343 g/mol. The number of benzene rings is 2. The molecule has 1 amide bonds. The van der Waals surface area contributed by atoms with Crippen LogP contribution >= 0.6 is 0 Å². The van der Waals surface area contributed by atoms with E-state index in [0.29, 0.717) is 18.9 Å². The van der Waals surface area contributed by atoms with Gasteiger partial charge >= 0.3 is 0 Å². The van der Waals surface area contributed by atoms with Crippen molar-refractivity contribution in [3.05, 3.63) is 48.0 Å². The van der Waals surface area contributed by atoms with Gasteiger partial charge in [0.15, 0.2) is 9.84 Å². The summed E-state index contributed by atoms with van der Waals surface area (Å²) in [4.78, 5) is 12.3. The van der Waals surface area contributed by atoms with Gasteiger partial charge in [-0.05, 0) is 41.0 Å². The molecule has 0 spiro atoms. The fourth-order valence-corrected chi connectivity index (χ4v) is 5.56. The molecule has 2 aromatic carbocycles. The molecule has 4 nitrogen and oxygen atoms in total. The Morgan fingerprint density at radius 3 is 2.67 bits per heavy atom. The van der Waals surface area contributed by atoms with Gasteiger partial charge in [0.2, 0.25) is 5.91 Å². The molecule has 1 saturated carbocycles. The topological polar surface area (TPSA) is 63.2 Å². The van der Waals surface area contributed by atoms with Crippen molar-refractivity contribution in [1.29, 1.82) is 0 Å². The molecular formula is C19H21NO3S. The molecule has 0 unspecified atom stereocenters. The molecule has 0 radical (unpaired) electrons. The predicted molar refractivity (Wildman–Crippen MR) is 94.6 cm³/mol. The number of hydrogen-bond acceptors (Lipinski definition) is 3. The zero-order valence-corrected chi connectivity index (χ0v) is 14.3. The third-order valence-electron chi connectivity index (χ3n) is 5.22. The Labute approximate surface area is 142 Å². The van der Waals surface area contributed by atoms with Gasteiger partial charge in [0.1, 0.15) is 0 Å². The largest absolute Gasteiger partial charge is 0.356 e. The number of sulfone groups is 1. The maximum atomic E-state index is 12.3. The van der Waals surface area contributed by atoms with Crippen LogP contribution in [0.25, 0.3) is 10.8 Å². The number of rotatable bonds is 4. The molecule has 1 saturated heterocycles. The predicted octanol–water partition coefficient (Wildman–Crippen LogP) is 2.49. The summed E-state index contributed by atoms with van der Waals surface area (Å²) in [5, 5.41) is 5.38. The van der Waals surface area contributed by atoms with Crippen molar-refractivity contribution in [3.8, 4) is 0 Å². The van der Waals surface area contributed by atoms with E-state index in [0.717, 1.165) is 6.42 Å². The Morgan fingerprint density at radius 2 is 1.92 bits per heavy atom. The second-order valence-electron chi connectivity index (χ2n) is 7.07. The first-order chi connectivity index (χ1) is 11.5. The Morgan fingerprint density at radius 1 is 1.12 bits per heavy atom. The molecule has 2 aliphatic rings. The number of hydrogen-bond donors (Lipinski definition) is 1. The molecule has 1 N–H and O–H groups in total. The van der Waals surface area contributed by atoms with E-state index in [2.05, 4.69) is 35.6 Å². The van der Waals surface area contributed by atoms with Crippen LogP contribution in [0, 0.1) is 11.8 Å². The summed E-state index contributed by atoms with van der Waals surface area (Å²) in [6, 6.07) is 14.6. The van der Waals surface area contributed by atoms with E-state index in [-0.39, 0.29) is 29.2 Å². The first-order valence-corrected chi connectivity index (χ1v) is 10.3. The molecule has 0 aromatic heterocycles. The van der Waals surface area contributed by atoms with Gasteiger partial charge in [-0.2, -0.15) is 0 Å². The van der Waals surface area contributed by atoms with Crippen LogP contribution in [0.15, 0.2) is 42.5 Å². The normalized spacial score (nSPS) is 27.9. The highest BCUT2D eigenvalue weighted by Crippen LogP contribution is 2.48. The Bertz CT molecular complexity index is 890. The molecule has 2 aromatic rings. The first-order valence-electron chi connectivity index (χ1n) is 8.49. The van der Waals surface area contributed by atoms with Crippen LogP contribution < -0.4 is 5.32 Å². The Kier molecular flexibility index (Phi) is 3.83. The average Bonchev–Trinajstić information content (AvgIpc) is 3.30. The number of fused-ring (bicyclic) bond motifs is 1. The molecule has 0 bridgehead atoms. The second kappa shape index (κ2) is 5.88. The lowest BCUT2D eigenvalue weighted by Crippen LogP contribution is -2.31. The van der Waals surface area contributed by atoms with E-state index in [1.54, 1.807) is 0 Å². The van der Waals surface area contributed by atoms with Crippen LogP contribution in [0.5, 0.6) is 0 Å². The summed E-state index contributed by atoms with van der Waals surface area (Å²) >= 11 is 0. The molecule has 1 aliphatic carbocycles. The maximum absolute atomic E-state index is 12.3. The van der Waals surface area contributed by atoms with Crippen molar-refractivity contribution in [1.82, 2.24) is 5.32 Å². The summed E-state index contributed by atoms with van der Waals surface area (Å²) in [7, 11) is -2.87. The van der Waals surface area contributed by atoms with Gasteiger partial charge in [-0.3, -0.25) is 4.79 Å². The molecule has 126 valence electrons. The monoisotopic (exact) mass is 343 g/mol. The lowest BCUT2D eigenvalue weighted by molar-refractivity contribution is -0.122. The van der Waals surface area contributed by atoms with E-state index >= 15 is 0 Å². The van der Waals surface area contributed by atoms with E-state index in [9.17, 15) is 13.2 Å². The summed E-state index contributed by atoms with van der Waals surface area (Å²) < 4.78 is 22.9. The minimum Gasteiger partial charge on any atom is -0.356 e. The lowest BCUT2D eigenvalue weighted by atomic mass is 10.0. The highest BCUT2D eigenvalue weighted by Gasteiger charge is 2.44. The van der Waals surface area contributed by atoms with E-state index in [4.69, 9.17) is 0 Å². The molecule has 4 rings (SSSR count). The lowest BCUT2D eigenvalue weighted by Gasteiger charge is -2.09. The Hall–Kier alpha value is -1.88. The quantitative estimate of drug-likeness (QED) is 0.928. The molecule has 2 fully saturated rings. The second-order valence-corrected chi connectivity index (χ2v) is 9.30. The first kappa shape index (κ1) is 15.6. The Balaban J connectivity index is 1.36. The minimum absolute atomic E-state index is 0.0316. The fraction of sp³-hybridized carbons (Fsp3) is 0.421. The summed E-state index contributed by atoms with van der Waals surface area (Å²) in [6.45, 7) is 0.485. The summed E-state index contributed by atoms with van der Waals surface area (Å²) in [6.07, 6.45) is 1.55. The molecule has 1 heterocycles. The maximum Gasteiger partial charge on any atom is 0.223 e. The number of carbonyl (C=O) groups is 1. The van der Waals surface area contributed by atoms with Crippen LogP contribution in [0.4, 0.5) is 0 Å². The van der Waals surface area contributed by atoms with E-state index in [1.807, 2.05) is 12.1 Å². The smallest absolute Gasteiger partial charge is 0.223 e. The fourth-order valence-electron chi connectivity index (χ4n) is 3.70. The van der Waals surface area contributed by atoms with Crippen LogP contribution in [0.3, 0.4) is 0 Å². The van der Waals surface area contributed by atoms with Crippen LogP contribution in [0.1, 0.15) is 24.3 Å². The van der Waals surface area contributed by atoms with Crippen molar-refractivity contribution >= 4 is 26.5 Å². The van der Waals surface area contributed by atoms with Gasteiger partial charge in [0, 0.05) is 12.5 Å². The van der Waals surface area contributed by atoms with Crippen molar-refractivity contribution in [2.45, 2.75) is 18.8 Å². The van der Waals surface area contributed by atoms with Crippen molar-refractivity contribution in [3.63, 3.8) is 0 Å². The van der Waals surface area contributed by atoms with Gasteiger partial charge < -0.3 is 5.32 Å². The minimum atomic E-state index is -2.87. The van der Waals surface area contributed by atoms with Gasteiger partial charge in [-0.1, -0.05) is 42.5 Å². The van der Waals surface area contributed by atoms with E-state index < -0.39 is 9.84 Å². The highest BCUT2D eigenvalue weighted by atomic mass is 32.2. The highest BCUT2D eigenvalue weighted by molar-refractivity contribution is 7.91. The van der Waals surface area contributed by atoms with E-state index in [1.165, 1.54) is 16.3 Å². The molecule has 24 heavy (non-hydrogen) atoms. The summed E-state index contributed by atoms with van der Waals surface area (Å²) in [5.41, 5.74) is 1.22. The van der Waals surface area contributed by atoms with Gasteiger partial charge in [-0.15, -0.1) is 0 Å². The van der Waals surface area contributed by atoms with Crippen LogP contribution in [-0.4, -0.2) is 32.4 Å². The molecule has 1 aliphatic heterocycles. The number of carbonyl (C=O) groups excluding carboxylic acids is 1. The molecule has 5 heteroatoms. The zero-order valence-electron chi connectivity index (χ0n) is 13.4. The standard InChI is InChI=1S/C19H21NO3S/c21-19(20-11-13-7-8-24(22,23)12-13)18-10-17(18)16-6-5-14-3-1-2-4-15(14)9-16/h1-6,9,13,17-18H,7-8,10-12H2,(H,20,21)/t13-,17+,18-/m0/s1. The van der Waals surface area contributed by atoms with Crippen molar-refractivity contribution in [2.75, 3.05) is 18.1 Å². The summed E-state index contributed by atoms with van der Waals surface area (Å²) in [5.74, 6) is 0.947. The van der Waals surface area contributed by atoms with Gasteiger partial charge in [0.05, 0.1) is 11.5 Å². The molecule has 3 atom stereocenters. The van der Waals surface area contributed by atoms with Crippen LogP contribution in [-0.2, 0) is 14.6 Å². The molecular weight excluding hydrogens is 322 g/mol. The van der Waals surface area contributed by atoms with Crippen molar-refractivity contribution < 1.29 is 13.2 Å². The van der Waals surface area contributed by atoms with Gasteiger partial charge in [0.25, 0.3) is 0 Å². The number of nitrogens with one attached hydrogen (secondary N) is 1. The van der Waals surface area contributed by atoms with Crippen LogP contribution in [0.2, 0.25) is 0 Å².